The van der Waals surface area contributed by atoms with Crippen molar-refractivity contribution in [1.82, 2.24) is 4.98 Å². The predicted octanol–water partition coefficient (Wildman–Crippen LogP) is 8.15. The number of pyridine rings is 1. The Hall–Kier alpha value is -3.60. The van der Waals surface area contributed by atoms with Crippen molar-refractivity contribution in [3.63, 3.8) is 0 Å². The molecular weight excluding hydrogens is 462 g/mol. The molecule has 0 radical (unpaired) electrons. The Kier molecular flexibility index (Phi) is 11.7. The standard InChI is InChI=1S/C32H39NO4/c1-25-23-30(24-26(2)31(25)32(34)35)37-22-10-8-6-4-3-5-7-9-21-36-29-15-13-27(14-16-29)11-12-28-17-19-33-20-18-28/h11-20,23-24H,3-10,21-22H2,1-2H3,(H,34,35)/b12-11+. The lowest BCUT2D eigenvalue weighted by Crippen LogP contribution is -2.05. The third-order valence-corrected chi connectivity index (χ3v) is 6.35. The van der Waals surface area contributed by atoms with Gasteiger partial charge in [0.05, 0.1) is 18.8 Å². The maximum atomic E-state index is 11.3. The highest BCUT2D eigenvalue weighted by Crippen LogP contribution is 2.22. The predicted molar refractivity (Wildman–Crippen MR) is 150 cm³/mol. The van der Waals surface area contributed by atoms with Gasteiger partial charge in [-0.1, -0.05) is 62.8 Å². The molecule has 0 fully saturated rings. The van der Waals surface area contributed by atoms with Gasteiger partial charge in [-0.15, -0.1) is 0 Å². The highest BCUT2D eigenvalue weighted by Gasteiger charge is 2.12. The van der Waals surface area contributed by atoms with Crippen LogP contribution < -0.4 is 9.47 Å². The Balaban J connectivity index is 1.17. The van der Waals surface area contributed by atoms with Crippen LogP contribution in [-0.2, 0) is 0 Å². The van der Waals surface area contributed by atoms with E-state index in [-0.39, 0.29) is 0 Å². The number of hydrogen-bond donors (Lipinski definition) is 1. The van der Waals surface area contributed by atoms with Crippen LogP contribution in [0.5, 0.6) is 11.5 Å². The first kappa shape index (κ1) is 28.0. The Bertz CT molecular complexity index is 1100. The summed E-state index contributed by atoms with van der Waals surface area (Å²) in [6, 6.07) is 15.8. The van der Waals surface area contributed by atoms with Crippen LogP contribution in [0.1, 0.15) is 84.0 Å². The van der Waals surface area contributed by atoms with Crippen LogP contribution in [0.15, 0.2) is 60.9 Å². The fourth-order valence-electron chi connectivity index (χ4n) is 4.33. The number of aromatic carboxylic acids is 1. The molecule has 1 N–H and O–H groups in total. The fourth-order valence-corrected chi connectivity index (χ4v) is 4.33. The number of carboxylic acid groups (broad SMARTS) is 1. The van der Waals surface area contributed by atoms with Gasteiger partial charge in [-0.2, -0.15) is 0 Å². The molecule has 1 aromatic heterocycles. The quantitative estimate of drug-likeness (QED) is 0.201. The molecule has 196 valence electrons. The molecule has 0 aliphatic carbocycles. The van der Waals surface area contributed by atoms with Gasteiger partial charge in [0.15, 0.2) is 0 Å². The van der Waals surface area contributed by atoms with Crippen LogP contribution in [0.2, 0.25) is 0 Å². The summed E-state index contributed by atoms with van der Waals surface area (Å²) in [7, 11) is 0. The van der Waals surface area contributed by atoms with Gasteiger partial charge in [0.1, 0.15) is 11.5 Å². The Morgan fingerprint density at radius 1 is 0.703 bits per heavy atom. The van der Waals surface area contributed by atoms with Crippen molar-refractivity contribution < 1.29 is 19.4 Å². The molecule has 0 unspecified atom stereocenters. The zero-order valence-electron chi connectivity index (χ0n) is 22.1. The molecule has 1 heterocycles. The first-order valence-electron chi connectivity index (χ1n) is 13.3. The van der Waals surface area contributed by atoms with Crippen LogP contribution in [0.3, 0.4) is 0 Å². The van der Waals surface area contributed by atoms with E-state index in [9.17, 15) is 9.90 Å². The van der Waals surface area contributed by atoms with E-state index in [0.29, 0.717) is 12.2 Å². The fraction of sp³-hybridized carbons (Fsp3) is 0.375. The molecule has 0 saturated carbocycles. The number of hydrogen-bond acceptors (Lipinski definition) is 4. The number of unbranched alkanes of at least 4 members (excludes halogenated alkanes) is 7. The Morgan fingerprint density at radius 3 is 1.68 bits per heavy atom. The zero-order chi connectivity index (χ0) is 26.3. The van der Waals surface area contributed by atoms with Gasteiger partial charge in [0, 0.05) is 12.4 Å². The lowest BCUT2D eigenvalue weighted by Gasteiger charge is -2.11. The lowest BCUT2D eigenvalue weighted by molar-refractivity contribution is 0.0695. The minimum Gasteiger partial charge on any atom is -0.494 e. The zero-order valence-corrected chi connectivity index (χ0v) is 22.1. The van der Waals surface area contributed by atoms with Crippen LogP contribution >= 0.6 is 0 Å². The van der Waals surface area contributed by atoms with Gasteiger partial charge in [-0.05, 0) is 85.3 Å². The molecule has 5 heteroatoms. The molecule has 0 aliphatic heterocycles. The normalized spacial score (nSPS) is 11.1. The maximum Gasteiger partial charge on any atom is 0.336 e. The minimum absolute atomic E-state index is 0.374. The van der Waals surface area contributed by atoms with Crippen LogP contribution in [0.25, 0.3) is 12.2 Å². The molecular formula is C32H39NO4. The van der Waals surface area contributed by atoms with E-state index >= 15 is 0 Å². The smallest absolute Gasteiger partial charge is 0.336 e. The van der Waals surface area contributed by atoms with Crippen molar-refractivity contribution in [1.29, 1.82) is 0 Å². The molecule has 2 aromatic carbocycles. The monoisotopic (exact) mass is 501 g/mol. The topological polar surface area (TPSA) is 68.7 Å². The number of carboxylic acids is 1. The summed E-state index contributed by atoms with van der Waals surface area (Å²) in [6.45, 7) is 5.06. The van der Waals surface area contributed by atoms with Crippen molar-refractivity contribution in [2.75, 3.05) is 13.2 Å². The van der Waals surface area contributed by atoms with Gasteiger partial charge >= 0.3 is 5.97 Å². The van der Waals surface area contributed by atoms with Crippen molar-refractivity contribution in [3.05, 3.63) is 88.7 Å². The minimum atomic E-state index is -0.884. The number of nitrogens with zero attached hydrogens (tertiary/aromatic N) is 1. The van der Waals surface area contributed by atoms with E-state index < -0.39 is 5.97 Å². The van der Waals surface area contributed by atoms with E-state index in [0.717, 1.165) is 59.6 Å². The molecule has 5 nitrogen and oxygen atoms in total. The second kappa shape index (κ2) is 15.5. The van der Waals surface area contributed by atoms with Crippen molar-refractivity contribution in [2.24, 2.45) is 0 Å². The SMILES string of the molecule is Cc1cc(OCCCCCCCCCCOc2ccc(/C=C/c3ccncc3)cc2)cc(C)c1C(=O)O. The molecule has 0 aliphatic rings. The van der Waals surface area contributed by atoms with Gasteiger partial charge in [-0.25, -0.2) is 4.79 Å². The molecule has 3 rings (SSSR count). The third kappa shape index (κ3) is 10.1. The van der Waals surface area contributed by atoms with Gasteiger partial charge < -0.3 is 14.6 Å². The molecule has 0 bridgehead atoms. The number of aryl methyl sites for hydroxylation is 2. The summed E-state index contributed by atoms with van der Waals surface area (Å²) in [6.07, 6.45) is 17.2. The van der Waals surface area contributed by atoms with Gasteiger partial charge in [0.2, 0.25) is 0 Å². The molecule has 37 heavy (non-hydrogen) atoms. The molecule has 0 atom stereocenters. The summed E-state index contributed by atoms with van der Waals surface area (Å²) >= 11 is 0. The highest BCUT2D eigenvalue weighted by atomic mass is 16.5. The van der Waals surface area contributed by atoms with Gasteiger partial charge in [0.25, 0.3) is 0 Å². The van der Waals surface area contributed by atoms with Crippen LogP contribution in [0.4, 0.5) is 0 Å². The van der Waals surface area contributed by atoms with E-state index in [4.69, 9.17) is 9.47 Å². The number of aromatic nitrogens is 1. The average Bonchev–Trinajstić information content (AvgIpc) is 2.89. The second-order valence-electron chi connectivity index (χ2n) is 9.45. The van der Waals surface area contributed by atoms with Crippen LogP contribution in [0, 0.1) is 13.8 Å². The molecule has 3 aromatic rings. The Morgan fingerprint density at radius 2 is 1.16 bits per heavy atom. The first-order chi connectivity index (χ1) is 18.0. The molecule has 0 saturated heterocycles. The van der Waals surface area contributed by atoms with Crippen LogP contribution in [-0.4, -0.2) is 29.3 Å². The number of ether oxygens (including phenoxy) is 2. The maximum absolute atomic E-state index is 11.3. The second-order valence-corrected chi connectivity index (χ2v) is 9.45. The third-order valence-electron chi connectivity index (χ3n) is 6.35. The molecule has 0 amide bonds. The number of benzene rings is 2. The summed E-state index contributed by atoms with van der Waals surface area (Å²) < 4.78 is 11.7. The highest BCUT2D eigenvalue weighted by molar-refractivity contribution is 5.91. The molecule has 0 spiro atoms. The van der Waals surface area contributed by atoms with Crippen molar-refractivity contribution in [3.8, 4) is 11.5 Å². The van der Waals surface area contributed by atoms with Crippen molar-refractivity contribution >= 4 is 18.1 Å². The van der Waals surface area contributed by atoms with E-state index in [1.54, 1.807) is 12.4 Å². The summed E-state index contributed by atoms with van der Waals surface area (Å²) in [4.78, 5) is 15.3. The summed E-state index contributed by atoms with van der Waals surface area (Å²) in [5.74, 6) is 0.799. The summed E-state index contributed by atoms with van der Waals surface area (Å²) in [5, 5.41) is 9.26. The van der Waals surface area contributed by atoms with E-state index in [1.165, 1.54) is 32.1 Å². The largest absolute Gasteiger partial charge is 0.494 e. The average molecular weight is 502 g/mol. The Labute approximate surface area is 221 Å². The van der Waals surface area contributed by atoms with E-state index in [1.807, 2.05) is 50.2 Å². The first-order valence-corrected chi connectivity index (χ1v) is 13.3. The van der Waals surface area contributed by atoms with Crippen molar-refractivity contribution in [2.45, 2.75) is 65.2 Å². The number of rotatable bonds is 16. The summed E-state index contributed by atoms with van der Waals surface area (Å²) in [5.41, 5.74) is 4.15. The van der Waals surface area contributed by atoms with E-state index in [2.05, 4.69) is 29.3 Å². The lowest BCUT2D eigenvalue weighted by atomic mass is 10.0. The number of carbonyl (C=O) groups is 1. The van der Waals surface area contributed by atoms with Gasteiger partial charge in [-0.3, -0.25) is 4.98 Å².